The number of pyridine rings is 1. The molecule has 2 aromatic heterocycles. The Bertz CT molecular complexity index is 1040. The van der Waals surface area contributed by atoms with Gasteiger partial charge < -0.3 is 19.7 Å². The Labute approximate surface area is 218 Å². The maximum Gasteiger partial charge on any atom is 0.490 e. The molecule has 0 radical (unpaired) electrons. The van der Waals surface area contributed by atoms with Crippen molar-refractivity contribution in [2.24, 2.45) is 13.0 Å². The van der Waals surface area contributed by atoms with Crippen LogP contribution in [0, 0.1) is 5.92 Å². The van der Waals surface area contributed by atoms with Crippen LogP contribution in [0.15, 0.2) is 24.5 Å². The van der Waals surface area contributed by atoms with Crippen molar-refractivity contribution < 1.29 is 55.6 Å². The molecule has 39 heavy (non-hydrogen) atoms. The number of ether oxygens (including phenoxy) is 2. The molecule has 1 fully saturated rings. The van der Waals surface area contributed by atoms with Gasteiger partial charge in [0.15, 0.2) is 0 Å². The van der Waals surface area contributed by atoms with Gasteiger partial charge in [-0.25, -0.2) is 9.59 Å². The molecule has 1 saturated heterocycles. The van der Waals surface area contributed by atoms with Crippen molar-refractivity contribution in [3.63, 3.8) is 0 Å². The number of fused-ring (bicyclic) bond motifs is 1. The van der Waals surface area contributed by atoms with Gasteiger partial charge in [0.25, 0.3) is 0 Å². The van der Waals surface area contributed by atoms with Crippen LogP contribution in [-0.2, 0) is 39.3 Å². The Morgan fingerprint density at radius 3 is 2.21 bits per heavy atom. The second-order valence-corrected chi connectivity index (χ2v) is 8.64. The van der Waals surface area contributed by atoms with E-state index in [1.54, 1.807) is 12.4 Å². The molecule has 0 bridgehead atoms. The van der Waals surface area contributed by atoms with Crippen molar-refractivity contribution >= 4 is 11.9 Å². The zero-order valence-electron chi connectivity index (χ0n) is 20.7. The van der Waals surface area contributed by atoms with E-state index in [0.29, 0.717) is 25.0 Å². The minimum absolute atomic E-state index is 0.299. The van der Waals surface area contributed by atoms with Crippen molar-refractivity contribution in [2.45, 2.75) is 37.8 Å². The maximum atomic E-state index is 10.6. The van der Waals surface area contributed by atoms with Crippen LogP contribution in [0.3, 0.4) is 0 Å². The van der Waals surface area contributed by atoms with Crippen LogP contribution in [-0.4, -0.2) is 92.3 Å². The molecular formula is C22H27F6N5O6. The Kier molecular flexibility index (Phi) is 11.6. The van der Waals surface area contributed by atoms with Gasteiger partial charge in [-0.1, -0.05) is 5.21 Å². The summed E-state index contributed by atoms with van der Waals surface area (Å²) in [5, 5.41) is 22.9. The molecule has 0 aliphatic carbocycles. The van der Waals surface area contributed by atoms with Gasteiger partial charge in [0, 0.05) is 51.6 Å². The highest BCUT2D eigenvalue weighted by atomic mass is 19.4. The quantitative estimate of drug-likeness (QED) is 0.498. The van der Waals surface area contributed by atoms with Crippen LogP contribution in [0.4, 0.5) is 26.3 Å². The Hall–Kier alpha value is -3.31. The van der Waals surface area contributed by atoms with Crippen molar-refractivity contribution in [1.82, 2.24) is 24.9 Å². The smallest absolute Gasteiger partial charge is 0.475 e. The van der Waals surface area contributed by atoms with E-state index in [1.807, 2.05) is 23.9 Å². The summed E-state index contributed by atoms with van der Waals surface area (Å²) < 4.78 is 76.9. The Balaban J connectivity index is 0.000000317. The third-order valence-electron chi connectivity index (χ3n) is 5.55. The van der Waals surface area contributed by atoms with Crippen LogP contribution < -0.4 is 0 Å². The molecule has 2 aliphatic heterocycles. The number of carbonyl (C=O) groups is 2. The van der Waals surface area contributed by atoms with E-state index in [-0.39, 0.29) is 0 Å². The van der Waals surface area contributed by atoms with Crippen molar-refractivity contribution in [2.75, 3.05) is 32.9 Å². The minimum Gasteiger partial charge on any atom is -0.475 e. The van der Waals surface area contributed by atoms with E-state index < -0.39 is 24.3 Å². The molecule has 0 amide bonds. The molecule has 2 N–H and O–H groups in total. The number of aromatic nitrogens is 4. The van der Waals surface area contributed by atoms with Crippen LogP contribution >= 0.6 is 0 Å². The fourth-order valence-corrected chi connectivity index (χ4v) is 3.86. The van der Waals surface area contributed by atoms with Crippen LogP contribution in [0.1, 0.15) is 29.3 Å². The summed E-state index contributed by atoms with van der Waals surface area (Å²) in [6.45, 7) is 5.99. The van der Waals surface area contributed by atoms with Crippen LogP contribution in [0.5, 0.6) is 0 Å². The van der Waals surface area contributed by atoms with Gasteiger partial charge in [0.05, 0.1) is 25.5 Å². The van der Waals surface area contributed by atoms with Crippen molar-refractivity contribution in [1.29, 1.82) is 0 Å². The van der Waals surface area contributed by atoms with Crippen molar-refractivity contribution in [3.05, 3.63) is 41.5 Å². The van der Waals surface area contributed by atoms with Gasteiger partial charge in [0.1, 0.15) is 5.69 Å². The van der Waals surface area contributed by atoms with E-state index in [9.17, 15) is 26.3 Å². The Morgan fingerprint density at radius 2 is 1.69 bits per heavy atom. The highest BCUT2D eigenvalue weighted by Gasteiger charge is 2.39. The first-order chi connectivity index (χ1) is 18.2. The normalized spacial score (nSPS) is 19.3. The summed E-state index contributed by atoms with van der Waals surface area (Å²) >= 11 is 0. The molecule has 2 atom stereocenters. The number of rotatable bonds is 6. The fourth-order valence-electron chi connectivity index (χ4n) is 3.86. The number of aryl methyl sites for hydroxylation is 1. The standard InChI is InChI=1S/C18H25N5O2.2C2HF3O2/c1-22-18-16(13-25-11-14-2-5-19-6-3-14)9-23(10-17(18)20-21-22)8-15-4-7-24-12-15;2*3-2(4,5)1(6)7/h2-3,5-6,15-16H,4,7-13H2,1H3;2*(H,6,7). The average molecular weight is 571 g/mol. The number of carboxylic acid groups (broad SMARTS) is 2. The molecule has 4 rings (SSSR count). The Morgan fingerprint density at radius 1 is 1.10 bits per heavy atom. The average Bonchev–Trinajstić information content (AvgIpc) is 3.49. The minimum atomic E-state index is -5.08. The van der Waals surface area contributed by atoms with Gasteiger partial charge in [-0.3, -0.25) is 14.6 Å². The molecule has 2 unspecified atom stereocenters. The summed E-state index contributed by atoms with van der Waals surface area (Å²) in [5.74, 6) is -4.58. The second-order valence-electron chi connectivity index (χ2n) is 8.64. The first-order valence-corrected chi connectivity index (χ1v) is 11.4. The number of alkyl halides is 6. The molecule has 11 nitrogen and oxygen atoms in total. The lowest BCUT2D eigenvalue weighted by Gasteiger charge is -2.33. The largest absolute Gasteiger partial charge is 0.490 e. The molecule has 218 valence electrons. The third kappa shape index (κ3) is 10.8. The topological polar surface area (TPSA) is 140 Å². The molecule has 2 aromatic rings. The van der Waals surface area contributed by atoms with E-state index in [1.165, 1.54) is 5.69 Å². The third-order valence-corrected chi connectivity index (χ3v) is 5.55. The lowest BCUT2D eigenvalue weighted by atomic mass is 9.97. The first-order valence-electron chi connectivity index (χ1n) is 11.4. The first kappa shape index (κ1) is 31.9. The number of hydrogen-bond donors (Lipinski definition) is 2. The molecule has 4 heterocycles. The maximum absolute atomic E-state index is 10.6. The van der Waals surface area contributed by atoms with Gasteiger partial charge in [-0.05, 0) is 30.0 Å². The monoisotopic (exact) mass is 571 g/mol. The number of nitrogens with zero attached hydrogens (tertiary/aromatic N) is 5. The zero-order valence-corrected chi connectivity index (χ0v) is 20.7. The summed E-state index contributed by atoms with van der Waals surface area (Å²) in [6.07, 6.45) is -5.41. The predicted octanol–water partition coefficient (Wildman–Crippen LogP) is 2.63. The van der Waals surface area contributed by atoms with E-state index in [2.05, 4.69) is 20.2 Å². The number of aliphatic carboxylic acids is 2. The van der Waals surface area contributed by atoms with Gasteiger partial charge >= 0.3 is 24.3 Å². The number of halogens is 6. The predicted molar refractivity (Wildman–Crippen MR) is 119 cm³/mol. The number of hydrogen-bond acceptors (Lipinski definition) is 8. The van der Waals surface area contributed by atoms with E-state index in [0.717, 1.165) is 50.5 Å². The molecule has 0 spiro atoms. The van der Waals surface area contributed by atoms with Gasteiger partial charge in [-0.2, -0.15) is 26.3 Å². The lowest BCUT2D eigenvalue weighted by molar-refractivity contribution is -0.193. The lowest BCUT2D eigenvalue weighted by Crippen LogP contribution is -2.39. The summed E-state index contributed by atoms with van der Waals surface area (Å²) in [6, 6.07) is 3.98. The highest BCUT2D eigenvalue weighted by Crippen LogP contribution is 2.28. The van der Waals surface area contributed by atoms with Crippen LogP contribution in [0.25, 0.3) is 0 Å². The van der Waals surface area contributed by atoms with Gasteiger partial charge in [0.2, 0.25) is 0 Å². The fraction of sp³-hybridized carbons (Fsp3) is 0.591. The molecule has 2 aliphatic rings. The van der Waals surface area contributed by atoms with Crippen molar-refractivity contribution in [3.8, 4) is 0 Å². The SMILES string of the molecule is Cn1nnc2c1C(COCc1ccncc1)CN(CC1CCOC1)C2.O=C(O)C(F)(F)F.O=C(O)C(F)(F)F. The molecule has 0 aromatic carbocycles. The molecule has 0 saturated carbocycles. The second kappa shape index (κ2) is 14.2. The zero-order chi connectivity index (χ0) is 29.2. The van der Waals surface area contributed by atoms with Crippen LogP contribution in [0.2, 0.25) is 0 Å². The van der Waals surface area contributed by atoms with Gasteiger partial charge in [-0.15, -0.1) is 5.10 Å². The summed E-state index contributed by atoms with van der Waals surface area (Å²) in [7, 11) is 1.97. The molecular weight excluding hydrogens is 544 g/mol. The summed E-state index contributed by atoms with van der Waals surface area (Å²) in [5.41, 5.74) is 3.45. The highest BCUT2D eigenvalue weighted by molar-refractivity contribution is 5.73. The van der Waals surface area contributed by atoms with E-state index >= 15 is 0 Å². The summed E-state index contributed by atoms with van der Waals surface area (Å²) in [4.78, 5) is 24.3. The number of carboxylic acids is 2. The van der Waals surface area contributed by atoms with E-state index in [4.69, 9.17) is 29.3 Å². The molecule has 17 heteroatoms.